The van der Waals surface area contributed by atoms with Crippen LogP contribution in [0.25, 0.3) is 11.7 Å². The zero-order valence-electron chi connectivity index (χ0n) is 12.4. The molecule has 0 spiro atoms. The van der Waals surface area contributed by atoms with Gasteiger partial charge in [0.15, 0.2) is 5.76 Å². The van der Waals surface area contributed by atoms with Crippen LogP contribution in [0.4, 0.5) is 5.69 Å². The van der Waals surface area contributed by atoms with Gasteiger partial charge < -0.3 is 18.8 Å². The number of aliphatic hydroxyl groups excluding tert-OH is 1. The number of nitrogens with zero attached hydrogens (tertiary/aromatic N) is 2. The molecule has 0 amide bonds. The number of aromatic nitrogens is 1. The number of oxazole rings is 1. The van der Waals surface area contributed by atoms with E-state index in [1.807, 2.05) is 43.3 Å². The Labute approximate surface area is 128 Å². The van der Waals surface area contributed by atoms with E-state index >= 15 is 0 Å². The summed E-state index contributed by atoms with van der Waals surface area (Å²) in [6.07, 6.45) is 1.59. The molecule has 0 atom stereocenters. The van der Waals surface area contributed by atoms with Crippen LogP contribution in [-0.4, -0.2) is 23.2 Å². The zero-order valence-corrected chi connectivity index (χ0v) is 12.4. The maximum absolute atomic E-state index is 9.30. The molecule has 0 saturated carbocycles. The zero-order chi connectivity index (χ0) is 15.4. The van der Waals surface area contributed by atoms with Crippen molar-refractivity contribution in [2.45, 2.75) is 13.5 Å². The Morgan fingerprint density at radius 1 is 1.14 bits per heavy atom. The number of hydrogen-bond donors (Lipinski definition) is 1. The Morgan fingerprint density at radius 3 is 2.64 bits per heavy atom. The highest BCUT2D eigenvalue weighted by Crippen LogP contribution is 2.24. The van der Waals surface area contributed by atoms with E-state index in [-0.39, 0.29) is 6.61 Å². The van der Waals surface area contributed by atoms with Crippen LogP contribution in [0.2, 0.25) is 0 Å². The SMILES string of the molecule is Cc1oc(-c2ccco2)nc1CN(CCO)c1ccccc1. The number of aliphatic hydroxyl groups is 1. The number of furan rings is 1. The van der Waals surface area contributed by atoms with Crippen molar-refractivity contribution in [3.05, 3.63) is 60.2 Å². The highest BCUT2D eigenvalue weighted by Gasteiger charge is 2.16. The van der Waals surface area contributed by atoms with E-state index in [9.17, 15) is 5.11 Å². The van der Waals surface area contributed by atoms with Gasteiger partial charge in [0.1, 0.15) is 11.5 Å². The summed E-state index contributed by atoms with van der Waals surface area (Å²) >= 11 is 0. The van der Waals surface area contributed by atoms with E-state index < -0.39 is 0 Å². The van der Waals surface area contributed by atoms with Gasteiger partial charge in [-0.25, -0.2) is 4.98 Å². The minimum absolute atomic E-state index is 0.0802. The molecule has 2 heterocycles. The fourth-order valence-electron chi connectivity index (χ4n) is 2.32. The van der Waals surface area contributed by atoms with Crippen molar-refractivity contribution >= 4 is 5.69 Å². The van der Waals surface area contributed by atoms with Crippen molar-refractivity contribution in [3.63, 3.8) is 0 Å². The first-order chi connectivity index (χ1) is 10.8. The van der Waals surface area contributed by atoms with Crippen LogP contribution in [0.3, 0.4) is 0 Å². The summed E-state index contributed by atoms with van der Waals surface area (Å²) in [7, 11) is 0. The first kappa shape index (κ1) is 14.4. The third-order valence-corrected chi connectivity index (χ3v) is 3.46. The fraction of sp³-hybridized carbons (Fsp3) is 0.235. The molecule has 3 aromatic rings. The molecule has 1 N–H and O–H groups in total. The van der Waals surface area contributed by atoms with Crippen molar-refractivity contribution in [1.82, 2.24) is 4.98 Å². The number of rotatable bonds is 6. The Hall–Kier alpha value is -2.53. The normalized spacial score (nSPS) is 10.8. The average Bonchev–Trinajstić information content (AvgIpc) is 3.18. The molecule has 0 saturated heterocycles. The lowest BCUT2D eigenvalue weighted by molar-refractivity contribution is 0.301. The minimum atomic E-state index is 0.0802. The molecule has 1 aromatic carbocycles. The van der Waals surface area contributed by atoms with Crippen LogP contribution >= 0.6 is 0 Å². The van der Waals surface area contributed by atoms with Gasteiger partial charge >= 0.3 is 0 Å². The monoisotopic (exact) mass is 298 g/mol. The molecule has 22 heavy (non-hydrogen) atoms. The number of para-hydroxylation sites is 1. The van der Waals surface area contributed by atoms with Crippen LogP contribution in [-0.2, 0) is 6.54 Å². The van der Waals surface area contributed by atoms with E-state index in [0.717, 1.165) is 17.1 Å². The van der Waals surface area contributed by atoms with Gasteiger partial charge in [-0.05, 0) is 31.2 Å². The van der Waals surface area contributed by atoms with E-state index in [1.165, 1.54) is 0 Å². The third kappa shape index (κ3) is 3.04. The molecule has 114 valence electrons. The second-order valence-corrected chi connectivity index (χ2v) is 4.98. The maximum Gasteiger partial charge on any atom is 0.263 e. The van der Waals surface area contributed by atoms with Gasteiger partial charge in [-0.1, -0.05) is 18.2 Å². The van der Waals surface area contributed by atoms with Crippen molar-refractivity contribution in [2.75, 3.05) is 18.1 Å². The Bertz CT molecular complexity index is 705. The lowest BCUT2D eigenvalue weighted by Crippen LogP contribution is -2.26. The van der Waals surface area contributed by atoms with Crippen LogP contribution in [0.5, 0.6) is 0 Å². The average molecular weight is 298 g/mol. The molecule has 0 unspecified atom stereocenters. The summed E-state index contributed by atoms with van der Waals surface area (Å²) in [6.45, 7) is 3.07. The molecule has 0 aliphatic rings. The second-order valence-electron chi connectivity index (χ2n) is 4.98. The van der Waals surface area contributed by atoms with Crippen LogP contribution in [0, 0.1) is 6.92 Å². The summed E-state index contributed by atoms with van der Waals surface area (Å²) in [4.78, 5) is 6.58. The molecular formula is C17H18N2O3. The molecule has 0 aliphatic heterocycles. The first-order valence-electron chi connectivity index (χ1n) is 7.19. The second kappa shape index (κ2) is 6.49. The number of anilines is 1. The third-order valence-electron chi connectivity index (χ3n) is 3.46. The van der Waals surface area contributed by atoms with Crippen molar-refractivity contribution in [1.29, 1.82) is 0 Å². The summed E-state index contributed by atoms with van der Waals surface area (Å²) in [5, 5.41) is 9.30. The molecule has 0 bridgehead atoms. The molecule has 2 aromatic heterocycles. The summed E-state index contributed by atoms with van der Waals surface area (Å²) in [6, 6.07) is 13.6. The summed E-state index contributed by atoms with van der Waals surface area (Å²) in [5.41, 5.74) is 1.88. The number of benzene rings is 1. The van der Waals surface area contributed by atoms with Gasteiger partial charge in [-0.15, -0.1) is 0 Å². The topological polar surface area (TPSA) is 62.6 Å². The van der Waals surface area contributed by atoms with E-state index in [2.05, 4.69) is 9.88 Å². The maximum atomic E-state index is 9.30. The molecule has 5 nitrogen and oxygen atoms in total. The lowest BCUT2D eigenvalue weighted by atomic mass is 10.2. The van der Waals surface area contributed by atoms with Crippen LogP contribution in [0.1, 0.15) is 11.5 Å². The fourth-order valence-corrected chi connectivity index (χ4v) is 2.32. The van der Waals surface area contributed by atoms with Crippen molar-refractivity contribution in [2.24, 2.45) is 0 Å². The summed E-state index contributed by atoms with van der Waals surface area (Å²) < 4.78 is 11.0. The molecule has 0 radical (unpaired) electrons. The van der Waals surface area contributed by atoms with E-state index in [1.54, 1.807) is 12.3 Å². The largest absolute Gasteiger partial charge is 0.459 e. The smallest absolute Gasteiger partial charge is 0.263 e. The molecule has 0 aliphatic carbocycles. The highest BCUT2D eigenvalue weighted by molar-refractivity contribution is 5.48. The number of hydrogen-bond acceptors (Lipinski definition) is 5. The van der Waals surface area contributed by atoms with Gasteiger partial charge in [-0.3, -0.25) is 0 Å². The van der Waals surface area contributed by atoms with Gasteiger partial charge in [0.2, 0.25) is 0 Å². The predicted octanol–water partition coefficient (Wildman–Crippen LogP) is 3.24. The van der Waals surface area contributed by atoms with Gasteiger partial charge in [0.25, 0.3) is 5.89 Å². The molecule has 5 heteroatoms. The number of aryl methyl sites for hydroxylation is 1. The Kier molecular flexibility index (Phi) is 4.25. The van der Waals surface area contributed by atoms with Crippen molar-refractivity contribution in [3.8, 4) is 11.7 Å². The quantitative estimate of drug-likeness (QED) is 0.757. The first-order valence-corrected chi connectivity index (χ1v) is 7.19. The highest BCUT2D eigenvalue weighted by atomic mass is 16.4. The summed E-state index contributed by atoms with van der Waals surface area (Å²) in [5.74, 6) is 1.85. The molecule has 0 fully saturated rings. The Morgan fingerprint density at radius 2 is 1.95 bits per heavy atom. The predicted molar refractivity (Wildman–Crippen MR) is 83.5 cm³/mol. The van der Waals surface area contributed by atoms with E-state index in [4.69, 9.17) is 8.83 Å². The van der Waals surface area contributed by atoms with Crippen molar-refractivity contribution < 1.29 is 13.9 Å². The Balaban J connectivity index is 1.84. The minimum Gasteiger partial charge on any atom is -0.459 e. The lowest BCUT2D eigenvalue weighted by Gasteiger charge is -2.23. The van der Waals surface area contributed by atoms with E-state index in [0.29, 0.717) is 24.7 Å². The van der Waals surface area contributed by atoms with Crippen LogP contribution in [0.15, 0.2) is 57.6 Å². The standard InChI is InChI=1S/C17H18N2O3/c1-13-15(18-17(22-13)16-8-5-11-21-16)12-19(9-10-20)14-6-3-2-4-7-14/h2-8,11,20H,9-10,12H2,1H3. The molecular weight excluding hydrogens is 280 g/mol. The van der Waals surface area contributed by atoms with Crippen LogP contribution < -0.4 is 4.90 Å². The van der Waals surface area contributed by atoms with Gasteiger partial charge in [0, 0.05) is 12.2 Å². The molecule has 3 rings (SSSR count). The van der Waals surface area contributed by atoms with Gasteiger partial charge in [-0.2, -0.15) is 0 Å². The van der Waals surface area contributed by atoms with Gasteiger partial charge in [0.05, 0.1) is 19.4 Å².